The molecule has 0 saturated carbocycles. The van der Waals surface area contributed by atoms with Crippen LogP contribution in [0.2, 0.25) is 0 Å². The van der Waals surface area contributed by atoms with E-state index in [0.717, 1.165) is 27.5 Å². The van der Waals surface area contributed by atoms with Gasteiger partial charge < -0.3 is 0 Å². The molecule has 106 valence electrons. The zero-order chi connectivity index (χ0) is 15.1. The van der Waals surface area contributed by atoms with Crippen molar-refractivity contribution in [2.45, 2.75) is 6.92 Å². The molecule has 0 bridgehead atoms. The van der Waals surface area contributed by atoms with E-state index in [1.807, 2.05) is 72.1 Å². The number of rotatable bonds is 2. The molecule has 3 nitrogen and oxygen atoms in total. The fourth-order valence-electron chi connectivity index (χ4n) is 2.88. The van der Waals surface area contributed by atoms with Crippen LogP contribution in [0.15, 0.2) is 67.0 Å². The van der Waals surface area contributed by atoms with E-state index in [1.54, 1.807) is 6.20 Å². The van der Waals surface area contributed by atoms with Gasteiger partial charge in [-0.3, -0.25) is 9.20 Å². The number of ketones is 1. The summed E-state index contributed by atoms with van der Waals surface area (Å²) in [5.41, 5.74) is 3.16. The lowest BCUT2D eigenvalue weighted by molar-refractivity contribution is 0.103. The average molecular weight is 286 g/mol. The van der Waals surface area contributed by atoms with Gasteiger partial charge in [0.2, 0.25) is 5.78 Å². The van der Waals surface area contributed by atoms with Crippen molar-refractivity contribution in [2.75, 3.05) is 0 Å². The Hall–Kier alpha value is -2.94. The van der Waals surface area contributed by atoms with E-state index in [4.69, 9.17) is 0 Å². The third-order valence-corrected chi connectivity index (χ3v) is 4.02. The molecule has 22 heavy (non-hydrogen) atoms. The second-order valence-electron chi connectivity index (χ2n) is 5.38. The molecule has 0 N–H and O–H groups in total. The van der Waals surface area contributed by atoms with Gasteiger partial charge in [-0.25, -0.2) is 4.98 Å². The number of hydrogen-bond donors (Lipinski definition) is 0. The quantitative estimate of drug-likeness (QED) is 0.521. The van der Waals surface area contributed by atoms with E-state index in [1.165, 1.54) is 0 Å². The van der Waals surface area contributed by atoms with Crippen LogP contribution in [0.4, 0.5) is 0 Å². The van der Waals surface area contributed by atoms with Crippen molar-refractivity contribution < 1.29 is 4.79 Å². The van der Waals surface area contributed by atoms with E-state index in [2.05, 4.69) is 4.98 Å². The van der Waals surface area contributed by atoms with Gasteiger partial charge in [0, 0.05) is 23.3 Å². The van der Waals surface area contributed by atoms with Crippen LogP contribution in [-0.4, -0.2) is 15.2 Å². The minimum Gasteiger partial charge on any atom is -0.296 e. The first kappa shape index (κ1) is 12.8. The highest BCUT2D eigenvalue weighted by Crippen LogP contribution is 2.23. The van der Waals surface area contributed by atoms with E-state index in [-0.39, 0.29) is 5.78 Å². The van der Waals surface area contributed by atoms with Gasteiger partial charge in [-0.15, -0.1) is 0 Å². The third-order valence-electron chi connectivity index (χ3n) is 4.02. The van der Waals surface area contributed by atoms with Crippen LogP contribution in [0.25, 0.3) is 16.4 Å². The van der Waals surface area contributed by atoms with Gasteiger partial charge in [0.25, 0.3) is 0 Å². The van der Waals surface area contributed by atoms with Crippen molar-refractivity contribution in [2.24, 2.45) is 0 Å². The second kappa shape index (κ2) is 4.81. The molecule has 0 aliphatic heterocycles. The van der Waals surface area contributed by atoms with E-state index in [9.17, 15) is 4.79 Å². The maximum atomic E-state index is 13.0. The van der Waals surface area contributed by atoms with E-state index in [0.29, 0.717) is 5.69 Å². The molecule has 0 fully saturated rings. The molecule has 0 aliphatic rings. The van der Waals surface area contributed by atoms with Crippen molar-refractivity contribution in [3.05, 3.63) is 83.8 Å². The van der Waals surface area contributed by atoms with Crippen LogP contribution in [0.1, 0.15) is 21.6 Å². The lowest BCUT2D eigenvalue weighted by atomic mass is 10.0. The fourth-order valence-corrected chi connectivity index (χ4v) is 2.88. The number of nitrogens with zero attached hydrogens (tertiary/aromatic N) is 2. The number of hydrogen-bond acceptors (Lipinski definition) is 2. The third kappa shape index (κ3) is 1.83. The second-order valence-corrected chi connectivity index (χ2v) is 5.38. The lowest BCUT2D eigenvalue weighted by Gasteiger charge is -2.09. The number of benzene rings is 2. The van der Waals surface area contributed by atoms with Crippen LogP contribution < -0.4 is 0 Å². The molecule has 0 spiro atoms. The Morgan fingerprint density at radius 2 is 1.82 bits per heavy atom. The molecule has 4 aromatic rings. The summed E-state index contributed by atoms with van der Waals surface area (Å²) in [4.78, 5) is 17.4. The summed E-state index contributed by atoms with van der Waals surface area (Å²) in [6.07, 6.45) is 3.57. The summed E-state index contributed by atoms with van der Waals surface area (Å²) in [6, 6.07) is 17.6. The number of pyridine rings is 1. The van der Waals surface area contributed by atoms with Crippen molar-refractivity contribution in [3.63, 3.8) is 0 Å². The first-order valence-electron chi connectivity index (χ1n) is 7.21. The Morgan fingerprint density at radius 3 is 2.68 bits per heavy atom. The maximum absolute atomic E-state index is 13.0. The normalized spacial score (nSPS) is 11.1. The highest BCUT2D eigenvalue weighted by Gasteiger charge is 2.16. The van der Waals surface area contributed by atoms with Gasteiger partial charge in [-0.1, -0.05) is 48.5 Å². The Labute approximate surface area is 127 Å². The summed E-state index contributed by atoms with van der Waals surface area (Å²) in [6.45, 7) is 1.96. The summed E-state index contributed by atoms with van der Waals surface area (Å²) in [5, 5.41) is 2.08. The number of aryl methyl sites for hydroxylation is 1. The van der Waals surface area contributed by atoms with Crippen molar-refractivity contribution >= 4 is 22.2 Å². The zero-order valence-corrected chi connectivity index (χ0v) is 12.2. The first-order chi connectivity index (χ1) is 10.8. The predicted molar refractivity (Wildman–Crippen MR) is 87.3 cm³/mol. The van der Waals surface area contributed by atoms with Crippen molar-refractivity contribution in [1.82, 2.24) is 9.38 Å². The molecular weight excluding hydrogens is 272 g/mol. The molecule has 0 unspecified atom stereocenters. The smallest absolute Gasteiger partial charge is 0.210 e. The highest BCUT2D eigenvalue weighted by molar-refractivity contribution is 6.11. The summed E-state index contributed by atoms with van der Waals surface area (Å²) in [5.74, 6) is 0.0202. The van der Waals surface area contributed by atoms with Gasteiger partial charge in [0.15, 0.2) is 0 Å². The zero-order valence-electron chi connectivity index (χ0n) is 12.2. The largest absolute Gasteiger partial charge is 0.296 e. The number of imidazole rings is 1. The average Bonchev–Trinajstić information content (AvgIpc) is 3.04. The molecule has 0 atom stereocenters. The van der Waals surface area contributed by atoms with E-state index < -0.39 is 0 Å². The molecule has 0 saturated heterocycles. The first-order valence-corrected chi connectivity index (χ1v) is 7.21. The number of carbonyl (C=O) groups excluding carboxylic acids is 1. The number of carbonyl (C=O) groups is 1. The molecule has 0 amide bonds. The van der Waals surface area contributed by atoms with Crippen molar-refractivity contribution in [1.29, 1.82) is 0 Å². The van der Waals surface area contributed by atoms with E-state index >= 15 is 0 Å². The van der Waals surface area contributed by atoms with Crippen LogP contribution in [0.3, 0.4) is 0 Å². The monoisotopic (exact) mass is 286 g/mol. The van der Waals surface area contributed by atoms with Gasteiger partial charge >= 0.3 is 0 Å². The predicted octanol–water partition coefficient (Wildman–Crippen LogP) is 4.03. The topological polar surface area (TPSA) is 34.4 Å². The van der Waals surface area contributed by atoms with Gasteiger partial charge in [-0.2, -0.15) is 0 Å². The van der Waals surface area contributed by atoms with Crippen LogP contribution in [0.5, 0.6) is 0 Å². The number of fused-ring (bicyclic) bond motifs is 3. The van der Waals surface area contributed by atoms with Crippen LogP contribution in [-0.2, 0) is 0 Å². The minimum atomic E-state index is 0.0202. The van der Waals surface area contributed by atoms with Crippen LogP contribution >= 0.6 is 0 Å². The Balaban J connectivity index is 2.03. The summed E-state index contributed by atoms with van der Waals surface area (Å²) >= 11 is 0. The molecule has 0 radical (unpaired) electrons. The summed E-state index contributed by atoms with van der Waals surface area (Å²) < 4.78 is 1.87. The molecule has 2 heterocycles. The SMILES string of the molecule is Cc1ccccc1C(=O)c1cc2ccccc2c2nccn12. The minimum absolute atomic E-state index is 0.0202. The van der Waals surface area contributed by atoms with Gasteiger partial charge in [0.1, 0.15) is 5.65 Å². The number of aromatic nitrogens is 2. The molecule has 2 aromatic heterocycles. The maximum Gasteiger partial charge on any atom is 0.210 e. The molecule has 4 rings (SSSR count). The Morgan fingerprint density at radius 1 is 1.05 bits per heavy atom. The molecule has 2 aromatic carbocycles. The Bertz CT molecular complexity index is 1010. The molecule has 3 heteroatoms. The fraction of sp³-hybridized carbons (Fsp3) is 0.0526. The van der Waals surface area contributed by atoms with Crippen LogP contribution in [0, 0.1) is 6.92 Å². The standard InChI is InChI=1S/C19H14N2O/c1-13-6-2-4-8-15(13)18(22)17-12-14-7-3-5-9-16(14)19-20-10-11-21(17)19/h2-12H,1H3. The van der Waals surface area contributed by atoms with Gasteiger partial charge in [-0.05, 0) is 23.9 Å². The summed E-state index contributed by atoms with van der Waals surface area (Å²) in [7, 11) is 0. The Kier molecular flexibility index (Phi) is 2.79. The molecular formula is C19H14N2O. The lowest BCUT2D eigenvalue weighted by Crippen LogP contribution is -2.09. The van der Waals surface area contributed by atoms with Crippen molar-refractivity contribution in [3.8, 4) is 0 Å². The van der Waals surface area contributed by atoms with Gasteiger partial charge in [0.05, 0.1) is 5.69 Å². The molecule has 0 aliphatic carbocycles. The highest BCUT2D eigenvalue weighted by atomic mass is 16.1.